The summed E-state index contributed by atoms with van der Waals surface area (Å²) in [4.78, 5) is 29.2. The highest BCUT2D eigenvalue weighted by atomic mass is 32.2. The molecule has 0 unspecified atom stereocenters. The molecule has 1 amide bonds. The first-order valence-electron chi connectivity index (χ1n) is 11.5. The van der Waals surface area contributed by atoms with Gasteiger partial charge in [0.15, 0.2) is 5.76 Å². The molecule has 0 saturated carbocycles. The number of rotatable bonds is 10. The van der Waals surface area contributed by atoms with Crippen molar-refractivity contribution in [2.75, 3.05) is 17.7 Å². The number of benzene rings is 3. The number of hydrogen-bond acceptors (Lipinski definition) is 6. The predicted octanol–water partition coefficient (Wildman–Crippen LogP) is 6.70. The number of aromatic nitrogens is 1. The molecule has 7 heteroatoms. The Kier molecular flexibility index (Phi) is 8.35. The Balaban J connectivity index is 1.39. The molecule has 0 atom stereocenters. The number of carbonyl (C=O) groups is 2. The number of thioether (sulfide) groups is 1. The van der Waals surface area contributed by atoms with Crippen molar-refractivity contribution >= 4 is 29.3 Å². The molecule has 4 rings (SSSR count). The number of nitrogens with one attached hydrogen (secondary N) is 1. The Bertz CT molecular complexity index is 1200. The molecule has 0 aliphatic carbocycles. The van der Waals surface area contributed by atoms with Gasteiger partial charge >= 0.3 is 5.97 Å². The van der Waals surface area contributed by atoms with E-state index in [4.69, 9.17) is 9.15 Å². The smallest absolute Gasteiger partial charge is 0.338 e. The van der Waals surface area contributed by atoms with Gasteiger partial charge < -0.3 is 14.5 Å². The summed E-state index contributed by atoms with van der Waals surface area (Å²) in [5.41, 5.74) is 3.66. The van der Waals surface area contributed by atoms with Crippen molar-refractivity contribution < 1.29 is 18.7 Å². The Morgan fingerprint density at radius 1 is 0.914 bits per heavy atom. The molecule has 1 heterocycles. The maximum atomic E-state index is 12.5. The molecule has 0 bridgehead atoms. The van der Waals surface area contributed by atoms with Gasteiger partial charge in [-0.1, -0.05) is 85.8 Å². The quantitative estimate of drug-likeness (QED) is 0.153. The third-order valence-corrected chi connectivity index (χ3v) is 5.98. The summed E-state index contributed by atoms with van der Waals surface area (Å²) in [6.45, 7) is 2.44. The maximum Gasteiger partial charge on any atom is 0.338 e. The lowest BCUT2D eigenvalue weighted by Crippen LogP contribution is -2.14. The van der Waals surface area contributed by atoms with Crippen molar-refractivity contribution in [2.45, 2.75) is 25.0 Å². The Morgan fingerprint density at radius 3 is 2.23 bits per heavy atom. The van der Waals surface area contributed by atoms with Gasteiger partial charge in [0, 0.05) is 16.8 Å². The van der Waals surface area contributed by atoms with E-state index >= 15 is 0 Å². The normalized spacial score (nSPS) is 10.7. The maximum absolute atomic E-state index is 12.5. The molecule has 178 valence electrons. The largest absolute Gasteiger partial charge is 0.462 e. The molecule has 0 saturated heterocycles. The van der Waals surface area contributed by atoms with Crippen LogP contribution in [0, 0.1) is 0 Å². The highest BCUT2D eigenvalue weighted by Gasteiger charge is 2.18. The molecule has 0 aliphatic rings. The zero-order chi connectivity index (χ0) is 24.5. The second-order valence-corrected chi connectivity index (χ2v) is 8.72. The zero-order valence-corrected chi connectivity index (χ0v) is 20.2. The fourth-order valence-electron chi connectivity index (χ4n) is 3.35. The van der Waals surface area contributed by atoms with Crippen LogP contribution in [0.1, 0.15) is 30.1 Å². The average Bonchev–Trinajstić information content (AvgIpc) is 3.33. The Morgan fingerprint density at radius 2 is 1.57 bits per heavy atom. The summed E-state index contributed by atoms with van der Waals surface area (Å²) in [6, 6.07) is 26.3. The third-order valence-electron chi connectivity index (χ3n) is 5.15. The van der Waals surface area contributed by atoms with Crippen LogP contribution in [0.4, 0.5) is 5.69 Å². The van der Waals surface area contributed by atoms with Crippen molar-refractivity contribution in [1.29, 1.82) is 0 Å². The van der Waals surface area contributed by atoms with Gasteiger partial charge in [-0.2, -0.15) is 0 Å². The van der Waals surface area contributed by atoms with E-state index in [0.29, 0.717) is 28.8 Å². The number of hydrogen-bond donors (Lipinski definition) is 1. The molecule has 0 radical (unpaired) electrons. The number of nitrogens with zero attached hydrogens (tertiary/aromatic N) is 1. The van der Waals surface area contributed by atoms with Gasteiger partial charge in [0.05, 0.1) is 17.9 Å². The van der Waals surface area contributed by atoms with Crippen molar-refractivity contribution in [3.63, 3.8) is 0 Å². The minimum Gasteiger partial charge on any atom is -0.462 e. The summed E-state index contributed by atoms with van der Waals surface area (Å²) in [5.74, 6) is 0.235. The number of anilines is 1. The topological polar surface area (TPSA) is 81.4 Å². The molecule has 0 spiro atoms. The summed E-state index contributed by atoms with van der Waals surface area (Å²) in [6.07, 6.45) is 1.80. The lowest BCUT2D eigenvalue weighted by molar-refractivity contribution is -0.113. The lowest BCUT2D eigenvalue weighted by Gasteiger charge is -2.06. The second kappa shape index (κ2) is 12.0. The van der Waals surface area contributed by atoms with E-state index in [1.807, 2.05) is 67.6 Å². The van der Waals surface area contributed by atoms with Gasteiger partial charge in [-0.25, -0.2) is 9.78 Å². The molecule has 35 heavy (non-hydrogen) atoms. The van der Waals surface area contributed by atoms with Crippen molar-refractivity contribution in [3.05, 3.63) is 90.5 Å². The molecule has 0 fully saturated rings. The van der Waals surface area contributed by atoms with Gasteiger partial charge in [-0.15, -0.1) is 0 Å². The van der Waals surface area contributed by atoms with Gasteiger partial charge in [0.2, 0.25) is 5.91 Å². The lowest BCUT2D eigenvalue weighted by atomic mass is 10.1. The third kappa shape index (κ3) is 6.61. The van der Waals surface area contributed by atoms with Crippen LogP contribution in [-0.2, 0) is 9.53 Å². The minimum atomic E-state index is -0.362. The standard InChI is InChI=1S/C28H26N2O4S/c1-2-3-18-33-27(32)22-14-16-23(17-15-22)29-24(31)19-35-28-30-25(20-10-6-4-7-11-20)26(34-28)21-12-8-5-9-13-21/h4-17H,2-3,18-19H2,1H3,(H,29,31). The van der Waals surface area contributed by atoms with E-state index in [-0.39, 0.29) is 17.6 Å². The van der Waals surface area contributed by atoms with E-state index in [9.17, 15) is 9.59 Å². The van der Waals surface area contributed by atoms with Crippen LogP contribution in [0.5, 0.6) is 0 Å². The number of amides is 1. The first-order valence-corrected chi connectivity index (χ1v) is 12.4. The van der Waals surface area contributed by atoms with Crippen molar-refractivity contribution in [3.8, 4) is 22.6 Å². The van der Waals surface area contributed by atoms with E-state index in [2.05, 4.69) is 10.3 Å². The number of unbranched alkanes of at least 4 members (excludes halogenated alkanes) is 1. The molecule has 6 nitrogen and oxygen atoms in total. The van der Waals surface area contributed by atoms with Crippen LogP contribution >= 0.6 is 11.8 Å². The predicted molar refractivity (Wildman–Crippen MR) is 138 cm³/mol. The molecule has 3 aromatic carbocycles. The zero-order valence-electron chi connectivity index (χ0n) is 19.4. The van der Waals surface area contributed by atoms with Crippen LogP contribution in [0.15, 0.2) is 94.6 Å². The highest BCUT2D eigenvalue weighted by molar-refractivity contribution is 7.99. The average molecular weight is 487 g/mol. The second-order valence-electron chi connectivity index (χ2n) is 7.79. The van der Waals surface area contributed by atoms with E-state index < -0.39 is 0 Å². The summed E-state index contributed by atoms with van der Waals surface area (Å²) >= 11 is 1.23. The molecular weight excluding hydrogens is 460 g/mol. The molecule has 1 aromatic heterocycles. The van der Waals surface area contributed by atoms with Crippen molar-refractivity contribution in [1.82, 2.24) is 4.98 Å². The first-order chi connectivity index (χ1) is 17.1. The van der Waals surface area contributed by atoms with Crippen LogP contribution < -0.4 is 5.32 Å². The fourth-order valence-corrected chi connectivity index (χ4v) is 3.97. The van der Waals surface area contributed by atoms with E-state index in [1.165, 1.54) is 11.8 Å². The summed E-state index contributed by atoms with van der Waals surface area (Å²) in [5, 5.41) is 3.25. The number of carbonyl (C=O) groups excluding carboxylic acids is 2. The highest BCUT2D eigenvalue weighted by Crippen LogP contribution is 2.35. The monoisotopic (exact) mass is 486 g/mol. The van der Waals surface area contributed by atoms with Crippen molar-refractivity contribution in [2.24, 2.45) is 0 Å². The molecule has 0 aliphatic heterocycles. The van der Waals surface area contributed by atoms with Gasteiger partial charge in [-0.3, -0.25) is 4.79 Å². The number of esters is 1. The van der Waals surface area contributed by atoms with Crippen LogP contribution in [0.3, 0.4) is 0 Å². The van der Waals surface area contributed by atoms with Crippen LogP contribution in [-0.4, -0.2) is 29.2 Å². The van der Waals surface area contributed by atoms with Crippen LogP contribution in [0.2, 0.25) is 0 Å². The fraction of sp³-hybridized carbons (Fsp3) is 0.179. The molecular formula is C28H26N2O4S. The summed E-state index contributed by atoms with van der Waals surface area (Å²) in [7, 11) is 0. The number of oxazole rings is 1. The number of ether oxygens (including phenoxy) is 1. The van der Waals surface area contributed by atoms with Crippen LogP contribution in [0.25, 0.3) is 22.6 Å². The Labute approximate surface area is 208 Å². The van der Waals surface area contributed by atoms with E-state index in [0.717, 1.165) is 29.7 Å². The molecule has 4 aromatic rings. The van der Waals surface area contributed by atoms with Gasteiger partial charge in [0.25, 0.3) is 5.22 Å². The first kappa shape index (κ1) is 24.3. The molecule has 1 N–H and O–H groups in total. The van der Waals surface area contributed by atoms with Gasteiger partial charge in [-0.05, 0) is 30.7 Å². The summed E-state index contributed by atoms with van der Waals surface area (Å²) < 4.78 is 11.3. The SMILES string of the molecule is CCCCOC(=O)c1ccc(NC(=O)CSc2nc(-c3ccccc3)c(-c3ccccc3)o2)cc1. The Hall–Kier alpha value is -3.84. The minimum absolute atomic E-state index is 0.129. The van der Waals surface area contributed by atoms with Gasteiger partial charge in [0.1, 0.15) is 5.69 Å². The van der Waals surface area contributed by atoms with E-state index in [1.54, 1.807) is 24.3 Å².